The third-order valence-corrected chi connectivity index (χ3v) is 3.40. The average Bonchev–Trinajstić information content (AvgIpc) is 2.25. The number of nitrogens with one attached hydrogen (secondary N) is 1. The van der Waals surface area contributed by atoms with Gasteiger partial charge in [0.15, 0.2) is 0 Å². The molecule has 0 unspecified atom stereocenters. The summed E-state index contributed by atoms with van der Waals surface area (Å²) in [6.07, 6.45) is 1.91. The van der Waals surface area contributed by atoms with Crippen LogP contribution in [0.4, 0.5) is 0 Å². The Labute approximate surface area is 87.8 Å². The fourth-order valence-electron chi connectivity index (χ4n) is 2.28. The number of carbonyl (C=O) groups is 3. The van der Waals surface area contributed by atoms with Crippen molar-refractivity contribution < 1.29 is 14.4 Å². The molecule has 2 fully saturated rings. The molecule has 0 bridgehead atoms. The number of imide groups is 1. The summed E-state index contributed by atoms with van der Waals surface area (Å²) in [7, 11) is 1.52. The van der Waals surface area contributed by atoms with Crippen LogP contribution in [-0.4, -0.2) is 36.2 Å². The molecule has 1 N–H and O–H groups in total. The Balaban J connectivity index is 2.18. The van der Waals surface area contributed by atoms with Gasteiger partial charge in [0.1, 0.15) is 0 Å². The molecular weight excluding hydrogens is 196 g/mol. The molecule has 2 saturated heterocycles. The van der Waals surface area contributed by atoms with Crippen LogP contribution in [0.15, 0.2) is 0 Å². The Bertz CT molecular complexity index is 322. The Morgan fingerprint density at radius 3 is 2.47 bits per heavy atom. The highest BCUT2D eigenvalue weighted by atomic mass is 16.2. The van der Waals surface area contributed by atoms with Gasteiger partial charge in [0.25, 0.3) is 0 Å². The Morgan fingerprint density at radius 1 is 1.20 bits per heavy atom. The van der Waals surface area contributed by atoms with Gasteiger partial charge in [0.05, 0.1) is 5.41 Å². The molecule has 2 aliphatic rings. The van der Waals surface area contributed by atoms with Crippen molar-refractivity contribution in [2.75, 3.05) is 13.6 Å². The van der Waals surface area contributed by atoms with E-state index in [0.717, 1.165) is 0 Å². The third kappa shape index (κ3) is 1.52. The summed E-state index contributed by atoms with van der Waals surface area (Å²) >= 11 is 0. The van der Waals surface area contributed by atoms with Gasteiger partial charge in [-0.05, 0) is 12.8 Å². The van der Waals surface area contributed by atoms with E-state index in [4.69, 9.17) is 0 Å². The fraction of sp³-hybridized carbons (Fsp3) is 0.700. The smallest absolute Gasteiger partial charge is 0.236 e. The SMILES string of the molecule is CN1C(=O)CC[C@@]2(CCC(=O)NC2)C1=O. The molecule has 1 spiro atoms. The zero-order valence-corrected chi connectivity index (χ0v) is 8.71. The fourth-order valence-corrected chi connectivity index (χ4v) is 2.28. The lowest BCUT2D eigenvalue weighted by atomic mass is 9.73. The van der Waals surface area contributed by atoms with Crippen molar-refractivity contribution in [2.45, 2.75) is 25.7 Å². The zero-order chi connectivity index (χ0) is 11.1. The van der Waals surface area contributed by atoms with Crippen LogP contribution in [0, 0.1) is 5.41 Å². The zero-order valence-electron chi connectivity index (χ0n) is 8.71. The van der Waals surface area contributed by atoms with Crippen LogP contribution in [-0.2, 0) is 14.4 Å². The normalized spacial score (nSPS) is 32.1. The first kappa shape index (κ1) is 10.1. The minimum atomic E-state index is -0.517. The third-order valence-electron chi connectivity index (χ3n) is 3.40. The minimum Gasteiger partial charge on any atom is -0.355 e. The molecule has 82 valence electrons. The lowest BCUT2D eigenvalue weighted by molar-refractivity contribution is -0.157. The monoisotopic (exact) mass is 210 g/mol. The first-order chi connectivity index (χ1) is 7.05. The van der Waals surface area contributed by atoms with E-state index >= 15 is 0 Å². The van der Waals surface area contributed by atoms with Crippen LogP contribution in [0.25, 0.3) is 0 Å². The summed E-state index contributed by atoms with van der Waals surface area (Å²) in [5, 5.41) is 2.71. The molecule has 0 aliphatic carbocycles. The minimum absolute atomic E-state index is 0.00650. The van der Waals surface area contributed by atoms with Gasteiger partial charge in [0.2, 0.25) is 17.7 Å². The van der Waals surface area contributed by atoms with E-state index in [1.54, 1.807) is 0 Å². The second-order valence-corrected chi connectivity index (χ2v) is 4.31. The molecule has 0 radical (unpaired) electrons. The molecule has 2 heterocycles. The molecule has 0 aromatic rings. The first-order valence-electron chi connectivity index (χ1n) is 5.13. The van der Waals surface area contributed by atoms with E-state index in [1.807, 2.05) is 0 Å². The maximum atomic E-state index is 12.0. The maximum absolute atomic E-state index is 12.0. The van der Waals surface area contributed by atoms with E-state index in [-0.39, 0.29) is 17.7 Å². The molecule has 0 aromatic heterocycles. The quantitative estimate of drug-likeness (QED) is 0.556. The Kier molecular flexibility index (Phi) is 2.25. The molecule has 2 aliphatic heterocycles. The molecule has 0 saturated carbocycles. The number of hydrogen-bond acceptors (Lipinski definition) is 3. The van der Waals surface area contributed by atoms with Gasteiger partial charge in [-0.1, -0.05) is 0 Å². The van der Waals surface area contributed by atoms with Crippen molar-refractivity contribution in [1.82, 2.24) is 10.2 Å². The molecule has 3 amide bonds. The summed E-state index contributed by atoms with van der Waals surface area (Å²) in [4.78, 5) is 35.5. The highest BCUT2D eigenvalue weighted by Gasteiger charge is 2.47. The lowest BCUT2D eigenvalue weighted by Gasteiger charge is -2.41. The Morgan fingerprint density at radius 2 is 1.87 bits per heavy atom. The predicted octanol–water partition coefficient (Wildman–Crippen LogP) is -0.338. The number of carbonyl (C=O) groups excluding carboxylic acids is 3. The van der Waals surface area contributed by atoms with Crippen LogP contribution >= 0.6 is 0 Å². The van der Waals surface area contributed by atoms with Gasteiger partial charge in [-0.15, -0.1) is 0 Å². The molecule has 1 atom stereocenters. The van der Waals surface area contributed by atoms with E-state index in [2.05, 4.69) is 5.32 Å². The van der Waals surface area contributed by atoms with Crippen LogP contribution in [0.3, 0.4) is 0 Å². The molecule has 0 aromatic carbocycles. The number of hydrogen-bond donors (Lipinski definition) is 1. The van der Waals surface area contributed by atoms with Gasteiger partial charge in [0, 0.05) is 26.4 Å². The maximum Gasteiger partial charge on any atom is 0.236 e. The largest absolute Gasteiger partial charge is 0.355 e. The van der Waals surface area contributed by atoms with E-state index in [9.17, 15) is 14.4 Å². The molecule has 2 rings (SSSR count). The molecule has 5 nitrogen and oxygen atoms in total. The molecule has 15 heavy (non-hydrogen) atoms. The van der Waals surface area contributed by atoms with E-state index in [0.29, 0.717) is 32.2 Å². The predicted molar refractivity (Wildman–Crippen MR) is 51.7 cm³/mol. The summed E-state index contributed by atoms with van der Waals surface area (Å²) < 4.78 is 0. The van der Waals surface area contributed by atoms with Crippen LogP contribution in [0.1, 0.15) is 25.7 Å². The van der Waals surface area contributed by atoms with Gasteiger partial charge < -0.3 is 5.32 Å². The van der Waals surface area contributed by atoms with Gasteiger partial charge in [-0.25, -0.2) is 0 Å². The molecule has 5 heteroatoms. The van der Waals surface area contributed by atoms with Gasteiger partial charge in [-0.2, -0.15) is 0 Å². The van der Waals surface area contributed by atoms with Crippen molar-refractivity contribution in [3.05, 3.63) is 0 Å². The second kappa shape index (κ2) is 3.32. The number of nitrogens with zero attached hydrogens (tertiary/aromatic N) is 1. The van der Waals surface area contributed by atoms with Crippen molar-refractivity contribution in [2.24, 2.45) is 5.41 Å². The first-order valence-corrected chi connectivity index (χ1v) is 5.13. The van der Waals surface area contributed by atoms with Crippen molar-refractivity contribution in [3.63, 3.8) is 0 Å². The highest BCUT2D eigenvalue weighted by molar-refractivity contribution is 6.01. The van der Waals surface area contributed by atoms with E-state index in [1.165, 1.54) is 11.9 Å². The van der Waals surface area contributed by atoms with Gasteiger partial charge in [-0.3, -0.25) is 19.3 Å². The summed E-state index contributed by atoms with van der Waals surface area (Å²) in [5.41, 5.74) is -0.517. The number of piperidine rings is 2. The van der Waals surface area contributed by atoms with E-state index < -0.39 is 5.41 Å². The summed E-state index contributed by atoms with van der Waals surface area (Å²) in [6, 6.07) is 0. The van der Waals surface area contributed by atoms with Crippen LogP contribution < -0.4 is 5.32 Å². The topological polar surface area (TPSA) is 66.5 Å². The number of likely N-dealkylation sites (tertiary alicyclic amines) is 1. The molecular formula is C10H14N2O3. The highest BCUT2D eigenvalue weighted by Crippen LogP contribution is 2.37. The Hall–Kier alpha value is -1.39. The van der Waals surface area contributed by atoms with Crippen molar-refractivity contribution in [3.8, 4) is 0 Å². The number of rotatable bonds is 0. The second-order valence-electron chi connectivity index (χ2n) is 4.31. The van der Waals surface area contributed by atoms with Crippen molar-refractivity contribution in [1.29, 1.82) is 0 Å². The summed E-state index contributed by atoms with van der Waals surface area (Å²) in [6.45, 7) is 0.377. The van der Waals surface area contributed by atoms with Crippen molar-refractivity contribution >= 4 is 17.7 Å². The van der Waals surface area contributed by atoms with Crippen LogP contribution in [0.5, 0.6) is 0 Å². The average molecular weight is 210 g/mol. The summed E-state index contributed by atoms with van der Waals surface area (Å²) in [5.74, 6) is -0.269. The standard InChI is InChI=1S/C10H14N2O3/c1-12-8(14)3-5-10(9(12)15)4-2-7(13)11-6-10/h2-6H2,1H3,(H,11,13)/t10-/m1/s1. The van der Waals surface area contributed by atoms with Gasteiger partial charge >= 0.3 is 0 Å². The lowest BCUT2D eigenvalue weighted by Crippen LogP contribution is -2.56. The number of amides is 3. The van der Waals surface area contributed by atoms with Crippen LogP contribution in [0.2, 0.25) is 0 Å².